The Morgan fingerprint density at radius 2 is 2.11 bits per heavy atom. The van der Waals surface area contributed by atoms with Gasteiger partial charge in [0.05, 0.1) is 12.7 Å². The smallest absolute Gasteiger partial charge is 0.133 e. The zero-order valence-electron chi connectivity index (χ0n) is 11.6. The molecule has 0 aliphatic carbocycles. The molecule has 2 N–H and O–H groups in total. The third-order valence-electron chi connectivity index (χ3n) is 2.53. The third kappa shape index (κ3) is 4.98. The summed E-state index contributed by atoms with van der Waals surface area (Å²) in [4.78, 5) is 8.83. The summed E-state index contributed by atoms with van der Waals surface area (Å²) in [6, 6.07) is 1.91. The zero-order valence-corrected chi connectivity index (χ0v) is 11.6. The van der Waals surface area contributed by atoms with Crippen molar-refractivity contribution >= 4 is 5.82 Å². The first-order valence-corrected chi connectivity index (χ1v) is 6.29. The first-order valence-electron chi connectivity index (χ1n) is 6.29. The predicted octanol–water partition coefficient (Wildman–Crippen LogP) is 1.72. The fourth-order valence-corrected chi connectivity index (χ4v) is 1.58. The van der Waals surface area contributed by atoms with Crippen LogP contribution in [0.25, 0.3) is 0 Å². The molecule has 0 spiro atoms. The molecule has 1 rings (SSSR count). The largest absolute Gasteiger partial charge is 0.391 e. The van der Waals surface area contributed by atoms with Crippen LogP contribution in [0.3, 0.4) is 0 Å². The van der Waals surface area contributed by atoms with Crippen molar-refractivity contribution in [2.45, 2.75) is 39.2 Å². The number of nitrogens with one attached hydrogen (secondary N) is 1. The first kappa shape index (κ1) is 14.9. The Morgan fingerprint density at radius 1 is 1.39 bits per heavy atom. The molecule has 5 heteroatoms. The van der Waals surface area contributed by atoms with Gasteiger partial charge in [-0.05, 0) is 13.3 Å². The van der Waals surface area contributed by atoms with Crippen LogP contribution < -0.4 is 5.32 Å². The lowest BCUT2D eigenvalue weighted by molar-refractivity contribution is 0.0615. The van der Waals surface area contributed by atoms with Gasteiger partial charge in [0, 0.05) is 31.3 Å². The topological polar surface area (TPSA) is 67.3 Å². The van der Waals surface area contributed by atoms with Crippen molar-refractivity contribution < 1.29 is 9.84 Å². The highest BCUT2D eigenvalue weighted by Crippen LogP contribution is 2.13. The molecule has 0 aromatic carbocycles. The van der Waals surface area contributed by atoms with Crippen LogP contribution in [0.4, 0.5) is 5.82 Å². The average Bonchev–Trinajstić information content (AvgIpc) is 2.28. The number of rotatable bonds is 7. The van der Waals surface area contributed by atoms with Gasteiger partial charge in [-0.2, -0.15) is 0 Å². The second-order valence-corrected chi connectivity index (χ2v) is 4.73. The van der Waals surface area contributed by atoms with Crippen LogP contribution in [-0.2, 0) is 4.74 Å². The molecule has 1 unspecified atom stereocenters. The van der Waals surface area contributed by atoms with Gasteiger partial charge in [0.25, 0.3) is 0 Å². The summed E-state index contributed by atoms with van der Waals surface area (Å²) in [6.45, 7) is 7.13. The SMILES string of the molecule is COCC(O)CCNc1cc(C)nc(C(C)C)n1. The molecule has 0 amide bonds. The van der Waals surface area contributed by atoms with Crippen molar-refractivity contribution in [2.24, 2.45) is 0 Å². The van der Waals surface area contributed by atoms with E-state index in [1.807, 2.05) is 13.0 Å². The Kier molecular flexibility index (Phi) is 6.01. The van der Waals surface area contributed by atoms with E-state index < -0.39 is 6.10 Å². The maximum absolute atomic E-state index is 9.53. The van der Waals surface area contributed by atoms with Gasteiger partial charge in [0.15, 0.2) is 0 Å². The number of hydrogen-bond donors (Lipinski definition) is 2. The molecule has 1 aromatic rings. The molecule has 18 heavy (non-hydrogen) atoms. The Bertz CT molecular complexity index is 369. The van der Waals surface area contributed by atoms with Crippen molar-refractivity contribution in [1.29, 1.82) is 0 Å². The van der Waals surface area contributed by atoms with E-state index in [2.05, 4.69) is 29.1 Å². The number of hydrogen-bond acceptors (Lipinski definition) is 5. The van der Waals surface area contributed by atoms with Crippen LogP contribution >= 0.6 is 0 Å². The number of ether oxygens (including phenoxy) is 1. The number of aryl methyl sites for hydroxylation is 1. The molecular weight excluding hydrogens is 230 g/mol. The van der Waals surface area contributed by atoms with E-state index in [4.69, 9.17) is 4.74 Å². The molecule has 0 aliphatic heterocycles. The summed E-state index contributed by atoms with van der Waals surface area (Å²) in [6.07, 6.45) is 0.198. The van der Waals surface area contributed by atoms with Gasteiger partial charge in [-0.3, -0.25) is 0 Å². The molecule has 0 aliphatic rings. The molecule has 1 atom stereocenters. The Hall–Kier alpha value is -1.20. The van der Waals surface area contributed by atoms with Crippen molar-refractivity contribution in [3.63, 3.8) is 0 Å². The summed E-state index contributed by atoms with van der Waals surface area (Å²) in [5, 5.41) is 12.7. The van der Waals surface area contributed by atoms with E-state index in [0.717, 1.165) is 17.3 Å². The highest BCUT2D eigenvalue weighted by atomic mass is 16.5. The third-order valence-corrected chi connectivity index (χ3v) is 2.53. The van der Waals surface area contributed by atoms with Crippen LogP contribution in [0, 0.1) is 6.92 Å². The summed E-state index contributed by atoms with van der Waals surface area (Å²) >= 11 is 0. The molecule has 0 radical (unpaired) electrons. The van der Waals surface area contributed by atoms with Crippen molar-refractivity contribution in [1.82, 2.24) is 9.97 Å². The van der Waals surface area contributed by atoms with Crippen molar-refractivity contribution in [3.8, 4) is 0 Å². The number of anilines is 1. The standard InChI is InChI=1S/C13H23N3O2/c1-9(2)13-15-10(3)7-12(16-13)14-6-5-11(17)8-18-4/h7,9,11,17H,5-6,8H2,1-4H3,(H,14,15,16). The molecule has 0 bridgehead atoms. The molecule has 0 saturated carbocycles. The Labute approximate surface area is 109 Å². The van der Waals surface area contributed by atoms with Crippen LogP contribution in [0.5, 0.6) is 0 Å². The fourth-order valence-electron chi connectivity index (χ4n) is 1.58. The minimum Gasteiger partial charge on any atom is -0.391 e. The minimum atomic E-state index is -0.435. The fraction of sp³-hybridized carbons (Fsp3) is 0.692. The monoisotopic (exact) mass is 253 g/mol. The van der Waals surface area contributed by atoms with Crippen LogP contribution in [-0.4, -0.2) is 41.4 Å². The first-order chi connectivity index (χ1) is 8.52. The zero-order chi connectivity index (χ0) is 13.5. The summed E-state index contributed by atoms with van der Waals surface area (Å²) < 4.78 is 4.87. The van der Waals surface area contributed by atoms with Gasteiger partial charge >= 0.3 is 0 Å². The lowest BCUT2D eigenvalue weighted by Gasteiger charge is -2.12. The van der Waals surface area contributed by atoms with Gasteiger partial charge in [-0.1, -0.05) is 13.8 Å². The number of aliphatic hydroxyl groups is 1. The molecule has 1 heterocycles. The lowest BCUT2D eigenvalue weighted by Crippen LogP contribution is -2.19. The molecule has 0 fully saturated rings. The van der Waals surface area contributed by atoms with E-state index in [0.29, 0.717) is 25.5 Å². The minimum absolute atomic E-state index is 0.310. The molecule has 0 saturated heterocycles. The van der Waals surface area contributed by atoms with Gasteiger partial charge in [0.1, 0.15) is 11.6 Å². The average molecular weight is 253 g/mol. The van der Waals surface area contributed by atoms with E-state index in [9.17, 15) is 5.11 Å². The summed E-state index contributed by atoms with van der Waals surface area (Å²) in [7, 11) is 1.58. The lowest BCUT2D eigenvalue weighted by atomic mass is 10.2. The molecule has 5 nitrogen and oxygen atoms in total. The van der Waals surface area contributed by atoms with Crippen LogP contribution in [0.15, 0.2) is 6.07 Å². The van der Waals surface area contributed by atoms with Gasteiger partial charge in [0.2, 0.25) is 0 Å². The number of aromatic nitrogens is 2. The van der Waals surface area contributed by atoms with Gasteiger partial charge < -0.3 is 15.2 Å². The van der Waals surface area contributed by atoms with Crippen molar-refractivity contribution in [2.75, 3.05) is 25.6 Å². The summed E-state index contributed by atoms with van der Waals surface area (Å²) in [5.74, 6) is 1.97. The maximum atomic E-state index is 9.53. The maximum Gasteiger partial charge on any atom is 0.133 e. The highest BCUT2D eigenvalue weighted by molar-refractivity contribution is 5.36. The van der Waals surface area contributed by atoms with Crippen molar-refractivity contribution in [3.05, 3.63) is 17.6 Å². The highest BCUT2D eigenvalue weighted by Gasteiger charge is 2.07. The molecule has 102 valence electrons. The van der Waals surface area contributed by atoms with E-state index in [1.54, 1.807) is 7.11 Å². The van der Waals surface area contributed by atoms with E-state index in [1.165, 1.54) is 0 Å². The van der Waals surface area contributed by atoms with Crippen LogP contribution in [0.1, 0.15) is 37.7 Å². The normalized spacial score (nSPS) is 12.8. The Balaban J connectivity index is 2.51. The molecular formula is C13H23N3O2. The summed E-state index contributed by atoms with van der Waals surface area (Å²) in [5.41, 5.74) is 0.952. The van der Waals surface area contributed by atoms with Crippen LogP contribution in [0.2, 0.25) is 0 Å². The van der Waals surface area contributed by atoms with E-state index >= 15 is 0 Å². The predicted molar refractivity (Wildman–Crippen MR) is 71.8 cm³/mol. The van der Waals surface area contributed by atoms with E-state index in [-0.39, 0.29) is 0 Å². The second-order valence-electron chi connectivity index (χ2n) is 4.73. The molecule has 1 aromatic heterocycles. The number of methoxy groups -OCH3 is 1. The van der Waals surface area contributed by atoms with Gasteiger partial charge in [-0.15, -0.1) is 0 Å². The second kappa shape index (κ2) is 7.28. The quantitative estimate of drug-likeness (QED) is 0.774. The van der Waals surface area contributed by atoms with Gasteiger partial charge in [-0.25, -0.2) is 9.97 Å². The Morgan fingerprint density at radius 3 is 2.72 bits per heavy atom. The number of aliphatic hydroxyl groups excluding tert-OH is 1. The number of nitrogens with zero attached hydrogens (tertiary/aromatic N) is 2.